The van der Waals surface area contributed by atoms with Crippen molar-refractivity contribution in [1.82, 2.24) is 4.98 Å². The predicted octanol–water partition coefficient (Wildman–Crippen LogP) is 2.07. The monoisotopic (exact) mass is 248 g/mol. The first kappa shape index (κ1) is 13.3. The molecule has 1 heterocycles. The van der Waals surface area contributed by atoms with E-state index in [4.69, 9.17) is 0 Å². The molecule has 1 unspecified atom stereocenters. The lowest BCUT2D eigenvalue weighted by Crippen LogP contribution is -2.27. The fourth-order valence-corrected chi connectivity index (χ4v) is 1.10. The Labute approximate surface area is 95.8 Å². The number of pyridine rings is 1. The minimum atomic E-state index is -4.42. The Morgan fingerprint density at radius 1 is 1.47 bits per heavy atom. The van der Waals surface area contributed by atoms with Gasteiger partial charge in [-0.1, -0.05) is 0 Å². The van der Waals surface area contributed by atoms with Crippen LogP contribution in [0.2, 0.25) is 0 Å². The minimum absolute atomic E-state index is 0.177. The van der Waals surface area contributed by atoms with E-state index in [9.17, 15) is 18.0 Å². The lowest BCUT2D eigenvalue weighted by atomic mass is 10.2. The second kappa shape index (κ2) is 5.03. The van der Waals surface area contributed by atoms with Crippen molar-refractivity contribution in [2.45, 2.75) is 19.1 Å². The number of hydrogen-bond acceptors (Lipinski definition) is 4. The van der Waals surface area contributed by atoms with Crippen LogP contribution in [0.5, 0.6) is 0 Å². The van der Waals surface area contributed by atoms with Crippen LogP contribution in [0.3, 0.4) is 0 Å². The molecule has 0 saturated carbocycles. The Morgan fingerprint density at radius 2 is 2.12 bits per heavy atom. The molecule has 1 rings (SSSR count). The van der Waals surface area contributed by atoms with Gasteiger partial charge in [-0.3, -0.25) is 0 Å². The molecule has 7 heteroatoms. The number of ether oxygens (including phenoxy) is 1. The van der Waals surface area contributed by atoms with Crippen LogP contribution >= 0.6 is 0 Å². The molecule has 94 valence electrons. The van der Waals surface area contributed by atoms with Crippen molar-refractivity contribution in [1.29, 1.82) is 0 Å². The van der Waals surface area contributed by atoms with Crippen LogP contribution in [-0.2, 0) is 15.7 Å². The summed E-state index contributed by atoms with van der Waals surface area (Å²) in [6, 6.07) is 1.37. The fourth-order valence-electron chi connectivity index (χ4n) is 1.10. The minimum Gasteiger partial charge on any atom is -0.467 e. The number of carbonyl (C=O) groups is 1. The lowest BCUT2D eigenvalue weighted by Gasteiger charge is -2.12. The van der Waals surface area contributed by atoms with E-state index in [1.807, 2.05) is 0 Å². The standard InChI is InChI=1S/C10H11F3N2O2/c1-6(9(16)17-2)15-8-4-3-7(5-14-8)10(11,12)13/h3-6H,1-2H3,(H,14,15). The number of halogens is 3. The number of nitrogens with zero attached hydrogens (tertiary/aromatic N) is 1. The van der Waals surface area contributed by atoms with Gasteiger partial charge in [0, 0.05) is 6.20 Å². The number of rotatable bonds is 3. The van der Waals surface area contributed by atoms with Gasteiger partial charge in [-0.2, -0.15) is 13.2 Å². The number of carbonyl (C=O) groups excluding carboxylic acids is 1. The molecule has 1 N–H and O–H groups in total. The highest BCUT2D eigenvalue weighted by atomic mass is 19.4. The third kappa shape index (κ3) is 3.61. The fraction of sp³-hybridized carbons (Fsp3) is 0.400. The number of aromatic nitrogens is 1. The first-order valence-corrected chi connectivity index (χ1v) is 4.72. The molecule has 0 amide bonds. The van der Waals surface area contributed by atoms with E-state index in [-0.39, 0.29) is 5.82 Å². The molecule has 0 radical (unpaired) electrons. The average Bonchev–Trinajstić information content (AvgIpc) is 2.27. The molecule has 1 atom stereocenters. The topological polar surface area (TPSA) is 51.2 Å². The van der Waals surface area contributed by atoms with Crippen LogP contribution in [0.1, 0.15) is 12.5 Å². The molecule has 1 aromatic rings. The van der Waals surface area contributed by atoms with E-state index in [2.05, 4.69) is 15.0 Å². The zero-order valence-corrected chi connectivity index (χ0v) is 9.21. The number of nitrogens with one attached hydrogen (secondary N) is 1. The maximum Gasteiger partial charge on any atom is 0.417 e. The van der Waals surface area contributed by atoms with Gasteiger partial charge in [-0.05, 0) is 19.1 Å². The van der Waals surface area contributed by atoms with Crippen LogP contribution in [0, 0.1) is 0 Å². The largest absolute Gasteiger partial charge is 0.467 e. The van der Waals surface area contributed by atoms with Crippen molar-refractivity contribution in [2.75, 3.05) is 12.4 Å². The van der Waals surface area contributed by atoms with Crippen molar-refractivity contribution >= 4 is 11.8 Å². The highest BCUT2D eigenvalue weighted by Crippen LogP contribution is 2.28. The molecule has 0 aliphatic carbocycles. The number of hydrogen-bond donors (Lipinski definition) is 1. The van der Waals surface area contributed by atoms with Crippen LogP contribution in [0.25, 0.3) is 0 Å². The highest BCUT2D eigenvalue weighted by Gasteiger charge is 2.30. The molecule has 0 saturated heterocycles. The van der Waals surface area contributed by atoms with Gasteiger partial charge in [0.05, 0.1) is 12.7 Å². The first-order valence-electron chi connectivity index (χ1n) is 4.72. The molecule has 0 aromatic carbocycles. The number of esters is 1. The summed E-state index contributed by atoms with van der Waals surface area (Å²) < 4.78 is 41.1. The Morgan fingerprint density at radius 3 is 2.53 bits per heavy atom. The Hall–Kier alpha value is -1.79. The van der Waals surface area contributed by atoms with Crippen molar-refractivity contribution in [3.63, 3.8) is 0 Å². The van der Waals surface area contributed by atoms with Crippen molar-refractivity contribution < 1.29 is 22.7 Å². The Bertz CT molecular complexity index is 390. The zero-order chi connectivity index (χ0) is 13.1. The summed E-state index contributed by atoms with van der Waals surface area (Å²) in [6.07, 6.45) is -3.72. The SMILES string of the molecule is COC(=O)C(C)Nc1ccc(C(F)(F)F)cn1. The molecular formula is C10H11F3N2O2. The van der Waals surface area contributed by atoms with Crippen LogP contribution in [0.15, 0.2) is 18.3 Å². The Kier molecular flexibility index (Phi) is 3.93. The van der Waals surface area contributed by atoms with Gasteiger partial charge in [0.25, 0.3) is 0 Å². The summed E-state index contributed by atoms with van der Waals surface area (Å²) in [6.45, 7) is 1.52. The molecule has 0 spiro atoms. The van der Waals surface area contributed by atoms with E-state index in [1.165, 1.54) is 14.0 Å². The maximum absolute atomic E-state index is 12.2. The second-order valence-electron chi connectivity index (χ2n) is 3.32. The van der Waals surface area contributed by atoms with E-state index in [0.717, 1.165) is 12.1 Å². The maximum atomic E-state index is 12.2. The van der Waals surface area contributed by atoms with Gasteiger partial charge < -0.3 is 10.1 Å². The van der Waals surface area contributed by atoms with Gasteiger partial charge in [0.1, 0.15) is 11.9 Å². The van der Waals surface area contributed by atoms with Crippen LogP contribution in [0.4, 0.5) is 19.0 Å². The molecule has 1 aromatic heterocycles. The van der Waals surface area contributed by atoms with Crippen molar-refractivity contribution in [2.24, 2.45) is 0 Å². The third-order valence-corrected chi connectivity index (χ3v) is 2.01. The predicted molar refractivity (Wildman–Crippen MR) is 54.3 cm³/mol. The van der Waals surface area contributed by atoms with E-state index < -0.39 is 23.8 Å². The quantitative estimate of drug-likeness (QED) is 0.832. The normalized spacial score (nSPS) is 13.0. The summed E-state index contributed by atoms with van der Waals surface area (Å²) in [5.74, 6) is -0.345. The number of methoxy groups -OCH3 is 1. The summed E-state index contributed by atoms with van der Waals surface area (Å²) >= 11 is 0. The number of anilines is 1. The first-order chi connectivity index (χ1) is 7.84. The number of alkyl halides is 3. The highest BCUT2D eigenvalue weighted by molar-refractivity contribution is 5.78. The Balaban J connectivity index is 2.72. The molecule has 0 aliphatic heterocycles. The zero-order valence-electron chi connectivity index (χ0n) is 9.21. The van der Waals surface area contributed by atoms with Gasteiger partial charge in [-0.15, -0.1) is 0 Å². The second-order valence-corrected chi connectivity index (χ2v) is 3.32. The molecule has 0 fully saturated rings. The lowest BCUT2D eigenvalue weighted by molar-refractivity contribution is -0.141. The van der Waals surface area contributed by atoms with Crippen molar-refractivity contribution in [3.8, 4) is 0 Å². The summed E-state index contributed by atoms with van der Waals surface area (Å²) in [5.41, 5.74) is -0.839. The molecule has 0 bridgehead atoms. The van der Waals surface area contributed by atoms with E-state index >= 15 is 0 Å². The summed E-state index contributed by atoms with van der Waals surface area (Å²) in [5, 5.41) is 2.62. The third-order valence-electron chi connectivity index (χ3n) is 2.01. The van der Waals surface area contributed by atoms with Gasteiger partial charge in [-0.25, -0.2) is 9.78 Å². The molecule has 17 heavy (non-hydrogen) atoms. The molecule has 0 aliphatic rings. The van der Waals surface area contributed by atoms with Crippen LogP contribution in [-0.4, -0.2) is 24.1 Å². The van der Waals surface area contributed by atoms with Gasteiger partial charge >= 0.3 is 12.1 Å². The van der Waals surface area contributed by atoms with Gasteiger partial charge in [0.15, 0.2) is 0 Å². The summed E-state index contributed by atoms with van der Waals surface area (Å²) in [4.78, 5) is 14.6. The summed E-state index contributed by atoms with van der Waals surface area (Å²) in [7, 11) is 1.22. The van der Waals surface area contributed by atoms with Gasteiger partial charge in [0.2, 0.25) is 0 Å². The smallest absolute Gasteiger partial charge is 0.417 e. The van der Waals surface area contributed by atoms with E-state index in [0.29, 0.717) is 6.20 Å². The average molecular weight is 248 g/mol. The van der Waals surface area contributed by atoms with E-state index in [1.54, 1.807) is 0 Å². The van der Waals surface area contributed by atoms with Crippen LogP contribution < -0.4 is 5.32 Å². The molecule has 4 nitrogen and oxygen atoms in total. The molecular weight excluding hydrogens is 237 g/mol. The van der Waals surface area contributed by atoms with Crippen molar-refractivity contribution in [3.05, 3.63) is 23.9 Å².